The van der Waals surface area contributed by atoms with Crippen LogP contribution in [0.1, 0.15) is 64.0 Å². The molecular weight excluding hydrogens is 458 g/mol. The van der Waals surface area contributed by atoms with Gasteiger partial charge in [-0.3, -0.25) is 10.1 Å². The van der Waals surface area contributed by atoms with Crippen molar-refractivity contribution in [1.82, 2.24) is 20.1 Å². The van der Waals surface area contributed by atoms with E-state index in [2.05, 4.69) is 35.9 Å². The van der Waals surface area contributed by atoms with Crippen molar-refractivity contribution in [3.8, 4) is 0 Å². The van der Waals surface area contributed by atoms with Crippen molar-refractivity contribution in [1.29, 1.82) is 0 Å². The smallest absolute Gasteiger partial charge is 0.323 e. The summed E-state index contributed by atoms with van der Waals surface area (Å²) >= 11 is 1.57. The van der Waals surface area contributed by atoms with Crippen molar-refractivity contribution < 1.29 is 9.59 Å². The number of piperazine rings is 1. The molecule has 3 heterocycles. The molecule has 6 rings (SSSR count). The number of nitrogens with one attached hydrogen (secondary N) is 2. The van der Waals surface area contributed by atoms with E-state index in [1.165, 1.54) is 37.8 Å². The summed E-state index contributed by atoms with van der Waals surface area (Å²) in [5, 5.41) is 9.28. The molecule has 0 radical (unpaired) electrons. The van der Waals surface area contributed by atoms with E-state index >= 15 is 0 Å². The van der Waals surface area contributed by atoms with Gasteiger partial charge < -0.3 is 15.1 Å². The predicted molar refractivity (Wildman–Crippen MR) is 138 cm³/mol. The van der Waals surface area contributed by atoms with Gasteiger partial charge in [0.1, 0.15) is 0 Å². The van der Waals surface area contributed by atoms with Crippen LogP contribution < -0.4 is 10.6 Å². The summed E-state index contributed by atoms with van der Waals surface area (Å²) in [4.78, 5) is 33.8. The van der Waals surface area contributed by atoms with E-state index in [0.29, 0.717) is 23.8 Å². The number of likely N-dealkylation sites (N-methyl/N-ethyl adjacent to an activating group) is 1. The first-order valence-electron chi connectivity index (χ1n) is 13.5. The first kappa shape index (κ1) is 23.5. The fraction of sp³-hybridized carbons (Fsp3) is 0.741. The largest absolute Gasteiger partial charge is 0.338 e. The van der Waals surface area contributed by atoms with Gasteiger partial charge in [-0.2, -0.15) is 0 Å². The normalized spacial score (nSPS) is 40.8. The van der Waals surface area contributed by atoms with Gasteiger partial charge in [-0.25, -0.2) is 9.78 Å². The topological polar surface area (TPSA) is 77.6 Å². The zero-order valence-electron chi connectivity index (χ0n) is 21.3. The van der Waals surface area contributed by atoms with Crippen molar-refractivity contribution >= 4 is 28.4 Å². The maximum absolute atomic E-state index is 12.7. The van der Waals surface area contributed by atoms with Crippen molar-refractivity contribution in [3.05, 3.63) is 23.2 Å². The van der Waals surface area contributed by atoms with Gasteiger partial charge in [0.05, 0.1) is 5.69 Å². The fourth-order valence-electron chi connectivity index (χ4n) is 8.77. The predicted octanol–water partition coefficient (Wildman–Crippen LogP) is 4.30. The van der Waals surface area contributed by atoms with Crippen LogP contribution in [0.4, 0.5) is 9.93 Å². The second-order valence-electron chi connectivity index (χ2n) is 12.0. The molecule has 35 heavy (non-hydrogen) atoms. The zero-order valence-corrected chi connectivity index (χ0v) is 22.1. The van der Waals surface area contributed by atoms with E-state index in [-0.39, 0.29) is 22.8 Å². The molecule has 1 aromatic heterocycles. The average Bonchev–Trinajstić information content (AvgIpc) is 3.45. The number of anilines is 1. The molecule has 8 heteroatoms. The highest BCUT2D eigenvalue weighted by Crippen LogP contribution is 2.67. The lowest BCUT2D eigenvalue weighted by Gasteiger charge is -2.60. The molecule has 0 aromatic carbocycles. The number of carbonyl (C=O) groups excluding carboxylic acids is 2. The Kier molecular flexibility index (Phi) is 5.75. The molecule has 7 atom stereocenters. The number of amides is 3. The second-order valence-corrected chi connectivity index (χ2v) is 12.9. The van der Waals surface area contributed by atoms with E-state index in [0.717, 1.165) is 43.6 Å². The van der Waals surface area contributed by atoms with E-state index in [1.807, 2.05) is 22.9 Å². The number of rotatable bonds is 2. The lowest BCUT2D eigenvalue weighted by atomic mass is 9.47. The van der Waals surface area contributed by atoms with Crippen LogP contribution in [-0.4, -0.2) is 66.0 Å². The number of hydrogen-bond acceptors (Lipinski definition) is 5. The van der Waals surface area contributed by atoms with Crippen LogP contribution >= 0.6 is 11.3 Å². The third-order valence-electron chi connectivity index (χ3n) is 10.6. The number of hydrogen-bond donors (Lipinski definition) is 2. The lowest BCUT2D eigenvalue weighted by molar-refractivity contribution is -0.138. The Hall–Kier alpha value is -1.93. The Bertz CT molecular complexity index is 1030. The van der Waals surface area contributed by atoms with Crippen molar-refractivity contribution in [2.45, 2.75) is 64.3 Å². The summed E-state index contributed by atoms with van der Waals surface area (Å²) in [5.41, 5.74) is 1.53. The molecule has 2 N–H and O–H groups in total. The van der Waals surface area contributed by atoms with E-state index in [4.69, 9.17) is 4.98 Å². The summed E-state index contributed by atoms with van der Waals surface area (Å²) in [5.74, 6) is 2.70. The minimum atomic E-state index is -0.0302. The molecule has 4 fully saturated rings. The molecule has 3 saturated carbocycles. The molecule has 0 spiro atoms. The van der Waals surface area contributed by atoms with Gasteiger partial charge in [-0.1, -0.05) is 19.9 Å². The van der Waals surface area contributed by atoms with Gasteiger partial charge in [-0.15, -0.1) is 11.3 Å². The molecular formula is C27H39N5O2S. The van der Waals surface area contributed by atoms with E-state index < -0.39 is 0 Å². The minimum Gasteiger partial charge on any atom is -0.338 e. The van der Waals surface area contributed by atoms with Crippen molar-refractivity contribution in [3.63, 3.8) is 0 Å². The summed E-state index contributed by atoms with van der Waals surface area (Å²) in [6.07, 6.45) is 11.3. The van der Waals surface area contributed by atoms with Gasteiger partial charge in [-0.05, 0) is 67.8 Å². The molecule has 3 amide bonds. The number of thiazole rings is 1. The second kappa shape index (κ2) is 8.58. The van der Waals surface area contributed by atoms with Crippen LogP contribution in [0.25, 0.3) is 0 Å². The Morgan fingerprint density at radius 1 is 1.14 bits per heavy atom. The van der Waals surface area contributed by atoms with Crippen LogP contribution in [0, 0.1) is 28.6 Å². The maximum atomic E-state index is 12.7. The number of nitrogens with zero attached hydrogens (tertiary/aromatic N) is 3. The SMILES string of the molecule is CN1C(=O)C=C[C@]2(C)[C@H]3CC[C@]4(C)[C@@H](c5csc(NC(=O)N6CCNCC6)n5)CC[C@H]4[C@@H]3CC[C@@H]12. The highest BCUT2D eigenvalue weighted by Gasteiger charge is 2.60. The first-order valence-corrected chi connectivity index (χ1v) is 14.4. The lowest BCUT2D eigenvalue weighted by Crippen LogP contribution is -2.59. The fourth-order valence-corrected chi connectivity index (χ4v) is 9.52. The molecule has 1 aromatic rings. The number of urea groups is 1. The standard InChI is InChI=1S/C27H39N5O2S/c1-26-10-8-19-17(4-7-22-27(19,2)11-9-23(33)31(22)3)18(26)5-6-20(26)21-16-35-24(29-21)30-25(34)32-14-12-28-13-15-32/h9,11,16-20,22,28H,4-8,10,12-15H2,1-3H3,(H,29,30,34)/t17-,18-,19-,20+,22+,26-,27+/m0/s1. The Labute approximate surface area is 212 Å². The Morgan fingerprint density at radius 3 is 2.74 bits per heavy atom. The molecule has 7 nitrogen and oxygen atoms in total. The average molecular weight is 498 g/mol. The van der Waals surface area contributed by atoms with Gasteiger partial charge in [0.25, 0.3) is 0 Å². The van der Waals surface area contributed by atoms with Crippen molar-refractivity contribution in [2.75, 3.05) is 38.5 Å². The van der Waals surface area contributed by atoms with Gasteiger partial charge >= 0.3 is 6.03 Å². The third kappa shape index (κ3) is 3.66. The summed E-state index contributed by atoms with van der Waals surface area (Å²) < 4.78 is 0. The summed E-state index contributed by atoms with van der Waals surface area (Å²) in [6.45, 7) is 8.12. The summed E-state index contributed by atoms with van der Waals surface area (Å²) in [7, 11) is 1.99. The highest BCUT2D eigenvalue weighted by molar-refractivity contribution is 7.13. The first-order chi connectivity index (χ1) is 16.8. The third-order valence-corrected chi connectivity index (χ3v) is 11.4. The van der Waals surface area contributed by atoms with Crippen LogP contribution in [0.15, 0.2) is 17.5 Å². The molecule has 2 aliphatic heterocycles. The molecule has 3 aliphatic carbocycles. The summed E-state index contributed by atoms with van der Waals surface area (Å²) in [6, 6.07) is 0.306. The number of carbonyl (C=O) groups is 2. The van der Waals surface area contributed by atoms with Crippen LogP contribution in [0.2, 0.25) is 0 Å². The Morgan fingerprint density at radius 2 is 1.94 bits per heavy atom. The van der Waals surface area contributed by atoms with E-state index in [9.17, 15) is 9.59 Å². The Balaban J connectivity index is 1.19. The van der Waals surface area contributed by atoms with Gasteiger partial charge in [0.15, 0.2) is 5.13 Å². The number of aromatic nitrogens is 1. The monoisotopic (exact) mass is 497 g/mol. The van der Waals surface area contributed by atoms with Crippen LogP contribution in [0.3, 0.4) is 0 Å². The molecule has 0 bridgehead atoms. The quantitative estimate of drug-likeness (QED) is 0.639. The zero-order chi connectivity index (χ0) is 24.4. The van der Waals surface area contributed by atoms with Crippen LogP contribution in [0.5, 0.6) is 0 Å². The molecule has 0 unspecified atom stereocenters. The maximum Gasteiger partial charge on any atom is 0.323 e. The minimum absolute atomic E-state index is 0.0302. The van der Waals surface area contributed by atoms with E-state index in [1.54, 1.807) is 11.3 Å². The highest BCUT2D eigenvalue weighted by atomic mass is 32.1. The molecule has 190 valence electrons. The molecule has 5 aliphatic rings. The van der Waals surface area contributed by atoms with Crippen molar-refractivity contribution in [2.24, 2.45) is 28.6 Å². The van der Waals surface area contributed by atoms with Crippen LogP contribution in [-0.2, 0) is 4.79 Å². The number of fused-ring (bicyclic) bond motifs is 5. The van der Waals surface area contributed by atoms with Gasteiger partial charge in [0, 0.05) is 56.0 Å². The molecule has 1 saturated heterocycles. The van der Waals surface area contributed by atoms with Gasteiger partial charge in [0.2, 0.25) is 5.91 Å².